The number of benzene rings is 3. The number of carbonyl (C=O) groups is 1. The minimum Gasteiger partial charge on any atom is -0.487 e. The van der Waals surface area contributed by atoms with Crippen molar-refractivity contribution in [2.24, 2.45) is 5.16 Å². The van der Waals surface area contributed by atoms with Crippen LogP contribution in [0.4, 0.5) is 0 Å². The number of oxime groups is 1. The van der Waals surface area contributed by atoms with Crippen molar-refractivity contribution >= 4 is 11.7 Å². The molecule has 0 aliphatic heterocycles. The molecule has 0 amide bonds. The molecule has 0 bridgehead atoms. The van der Waals surface area contributed by atoms with Crippen LogP contribution in [0.5, 0.6) is 5.75 Å². The van der Waals surface area contributed by atoms with Gasteiger partial charge in [0.2, 0.25) is 0 Å². The lowest BCUT2D eigenvalue weighted by Crippen LogP contribution is -2.28. The molecule has 0 heterocycles. The highest BCUT2D eigenvalue weighted by Crippen LogP contribution is 2.16. The Morgan fingerprint density at radius 1 is 0.879 bits per heavy atom. The van der Waals surface area contributed by atoms with Crippen molar-refractivity contribution in [3.63, 3.8) is 0 Å². The molecule has 1 unspecified atom stereocenters. The van der Waals surface area contributed by atoms with Gasteiger partial charge in [0.05, 0.1) is 7.11 Å². The van der Waals surface area contributed by atoms with E-state index in [1.165, 1.54) is 7.11 Å². The van der Waals surface area contributed by atoms with Crippen LogP contribution in [-0.4, -0.2) is 38.1 Å². The van der Waals surface area contributed by atoms with Crippen molar-refractivity contribution in [2.45, 2.75) is 26.1 Å². The van der Waals surface area contributed by atoms with Crippen molar-refractivity contribution < 1.29 is 23.8 Å². The van der Waals surface area contributed by atoms with Crippen LogP contribution in [0.15, 0.2) is 90.1 Å². The second-order valence-corrected chi connectivity index (χ2v) is 7.27. The highest BCUT2D eigenvalue weighted by atomic mass is 16.6. The van der Waals surface area contributed by atoms with Crippen LogP contribution in [0.3, 0.4) is 0 Å². The molecule has 0 fully saturated rings. The number of hydrogen-bond donors (Lipinski definition) is 0. The molecule has 0 N–H and O–H groups in total. The van der Waals surface area contributed by atoms with Gasteiger partial charge in [0.15, 0.2) is 6.10 Å². The zero-order valence-corrected chi connectivity index (χ0v) is 19.0. The average Bonchev–Trinajstić information content (AvgIpc) is 2.87. The monoisotopic (exact) mass is 447 g/mol. The van der Waals surface area contributed by atoms with Gasteiger partial charge in [0.25, 0.3) is 0 Å². The summed E-state index contributed by atoms with van der Waals surface area (Å²) in [5, 5.41) is 4.33. The molecule has 3 aromatic rings. The lowest BCUT2D eigenvalue weighted by molar-refractivity contribution is -0.153. The predicted octanol–water partition coefficient (Wildman–Crippen LogP) is 4.81. The molecule has 172 valence electrons. The summed E-state index contributed by atoms with van der Waals surface area (Å²) in [6, 6.07) is 27.2. The number of esters is 1. The Bertz CT molecular complexity index is 1000. The van der Waals surface area contributed by atoms with Crippen molar-refractivity contribution in [2.75, 3.05) is 20.3 Å². The molecule has 0 saturated carbocycles. The topological polar surface area (TPSA) is 66.3 Å². The Morgan fingerprint density at radius 2 is 1.55 bits per heavy atom. The zero-order chi connectivity index (χ0) is 23.3. The van der Waals surface area contributed by atoms with Crippen molar-refractivity contribution in [1.82, 2.24) is 0 Å². The third-order valence-electron chi connectivity index (χ3n) is 4.91. The minimum absolute atomic E-state index is 0.252. The van der Waals surface area contributed by atoms with Crippen LogP contribution < -0.4 is 4.74 Å². The molecule has 0 aromatic heterocycles. The quantitative estimate of drug-likeness (QED) is 0.227. The second kappa shape index (κ2) is 13.0. The van der Waals surface area contributed by atoms with E-state index in [0.29, 0.717) is 31.1 Å². The van der Waals surface area contributed by atoms with Gasteiger partial charge in [-0.2, -0.15) is 0 Å². The normalized spacial score (nSPS) is 12.1. The zero-order valence-electron chi connectivity index (χ0n) is 19.0. The Labute approximate surface area is 194 Å². The Kier molecular flexibility index (Phi) is 9.48. The minimum atomic E-state index is -0.620. The third-order valence-corrected chi connectivity index (χ3v) is 4.91. The maximum absolute atomic E-state index is 11.9. The average molecular weight is 448 g/mol. The van der Waals surface area contributed by atoms with E-state index in [9.17, 15) is 4.79 Å². The van der Waals surface area contributed by atoms with Crippen molar-refractivity contribution in [3.8, 4) is 5.75 Å². The van der Waals surface area contributed by atoms with E-state index in [2.05, 4.69) is 5.16 Å². The fraction of sp³-hybridized carbons (Fsp3) is 0.259. The molecule has 3 rings (SSSR count). The summed E-state index contributed by atoms with van der Waals surface area (Å²) >= 11 is 0. The standard InChI is InChI=1S/C27H29NO5/c1-3-31-26(27(29)30-2)18-21-14-16-24(17-15-21)32-20-25(23-12-8-5-9-13-23)28-33-19-22-10-6-4-7-11-22/h4-17,26H,3,18-20H2,1-2H3/b28-25+. The Balaban J connectivity index is 1.62. The SMILES string of the molecule is CCOC(Cc1ccc(OC/C(=N\OCc2ccccc2)c2ccccc2)cc1)C(=O)OC. The highest BCUT2D eigenvalue weighted by Gasteiger charge is 2.19. The van der Waals surface area contributed by atoms with Gasteiger partial charge >= 0.3 is 5.97 Å². The lowest BCUT2D eigenvalue weighted by Gasteiger charge is -2.15. The molecule has 0 saturated heterocycles. The van der Waals surface area contributed by atoms with E-state index in [1.807, 2.05) is 91.9 Å². The largest absolute Gasteiger partial charge is 0.487 e. The number of ether oxygens (including phenoxy) is 3. The van der Waals surface area contributed by atoms with Crippen LogP contribution in [0.2, 0.25) is 0 Å². The Morgan fingerprint density at radius 3 is 2.18 bits per heavy atom. The lowest BCUT2D eigenvalue weighted by atomic mass is 10.1. The first kappa shape index (κ1) is 24.0. The highest BCUT2D eigenvalue weighted by molar-refractivity contribution is 6.01. The molecule has 1 atom stereocenters. The van der Waals surface area contributed by atoms with Crippen LogP contribution >= 0.6 is 0 Å². The summed E-state index contributed by atoms with van der Waals surface area (Å²) < 4.78 is 16.3. The number of hydrogen-bond acceptors (Lipinski definition) is 6. The molecule has 3 aromatic carbocycles. The number of carbonyl (C=O) groups excluding carboxylic acids is 1. The molecule has 0 spiro atoms. The van der Waals surface area contributed by atoms with Crippen LogP contribution in [0.1, 0.15) is 23.6 Å². The summed E-state index contributed by atoms with van der Waals surface area (Å²) in [4.78, 5) is 17.5. The third kappa shape index (κ3) is 7.77. The van der Waals surface area contributed by atoms with Gasteiger partial charge < -0.3 is 19.0 Å². The second-order valence-electron chi connectivity index (χ2n) is 7.27. The summed E-state index contributed by atoms with van der Waals surface area (Å²) in [6.45, 7) is 2.92. The number of rotatable bonds is 12. The van der Waals surface area contributed by atoms with E-state index in [4.69, 9.17) is 19.0 Å². The Hall–Kier alpha value is -3.64. The maximum atomic E-state index is 11.9. The number of methoxy groups -OCH3 is 1. The fourth-order valence-corrected chi connectivity index (χ4v) is 3.18. The van der Waals surface area contributed by atoms with E-state index < -0.39 is 6.10 Å². The van der Waals surface area contributed by atoms with Gasteiger partial charge in [-0.25, -0.2) is 4.79 Å². The molecular formula is C27H29NO5. The molecule has 0 aliphatic rings. The van der Waals surface area contributed by atoms with Crippen LogP contribution in [0.25, 0.3) is 0 Å². The first-order valence-corrected chi connectivity index (χ1v) is 10.9. The molecule has 33 heavy (non-hydrogen) atoms. The predicted molar refractivity (Wildman–Crippen MR) is 127 cm³/mol. The maximum Gasteiger partial charge on any atom is 0.335 e. The van der Waals surface area contributed by atoms with E-state index in [-0.39, 0.29) is 12.6 Å². The van der Waals surface area contributed by atoms with Gasteiger partial charge in [-0.1, -0.05) is 78.0 Å². The van der Waals surface area contributed by atoms with Gasteiger partial charge in [0.1, 0.15) is 24.7 Å². The summed E-state index contributed by atoms with van der Waals surface area (Å²) in [5.74, 6) is 0.313. The molecule has 0 aliphatic carbocycles. The molecule has 6 nitrogen and oxygen atoms in total. The first-order valence-electron chi connectivity index (χ1n) is 10.9. The van der Waals surface area contributed by atoms with E-state index in [0.717, 1.165) is 16.7 Å². The summed E-state index contributed by atoms with van der Waals surface area (Å²) in [7, 11) is 1.36. The van der Waals surface area contributed by atoms with Crippen LogP contribution in [-0.2, 0) is 32.1 Å². The smallest absolute Gasteiger partial charge is 0.335 e. The molecular weight excluding hydrogens is 418 g/mol. The van der Waals surface area contributed by atoms with Gasteiger partial charge in [0, 0.05) is 18.6 Å². The van der Waals surface area contributed by atoms with E-state index >= 15 is 0 Å². The van der Waals surface area contributed by atoms with Gasteiger partial charge in [-0.3, -0.25) is 0 Å². The summed E-state index contributed by atoms with van der Waals surface area (Å²) in [6.07, 6.45) is -0.185. The van der Waals surface area contributed by atoms with Crippen molar-refractivity contribution in [3.05, 3.63) is 102 Å². The molecule has 0 radical (unpaired) electrons. The van der Waals surface area contributed by atoms with Crippen molar-refractivity contribution in [1.29, 1.82) is 0 Å². The molecule has 6 heteroatoms. The first-order chi connectivity index (χ1) is 16.2. The summed E-state index contributed by atoms with van der Waals surface area (Å²) in [5.41, 5.74) is 3.62. The van der Waals surface area contributed by atoms with E-state index in [1.54, 1.807) is 0 Å². The van der Waals surface area contributed by atoms with Gasteiger partial charge in [-0.05, 0) is 30.2 Å². The fourth-order valence-electron chi connectivity index (χ4n) is 3.18. The number of nitrogens with zero attached hydrogens (tertiary/aromatic N) is 1. The van der Waals surface area contributed by atoms with Crippen LogP contribution in [0, 0.1) is 0 Å². The van der Waals surface area contributed by atoms with Gasteiger partial charge in [-0.15, -0.1) is 0 Å².